The molecule has 2 aliphatic rings. The Bertz CT molecular complexity index is 369. The maximum atomic E-state index is 12.2. The Morgan fingerprint density at radius 1 is 1.32 bits per heavy atom. The van der Waals surface area contributed by atoms with Crippen LogP contribution in [-0.2, 0) is 9.47 Å². The molecule has 5 nitrogen and oxygen atoms in total. The first kappa shape index (κ1) is 17.5. The van der Waals surface area contributed by atoms with Crippen molar-refractivity contribution in [1.82, 2.24) is 10.2 Å². The van der Waals surface area contributed by atoms with Crippen molar-refractivity contribution in [2.45, 2.75) is 64.1 Å². The van der Waals surface area contributed by atoms with Gasteiger partial charge in [0.1, 0.15) is 5.60 Å². The summed E-state index contributed by atoms with van der Waals surface area (Å²) in [5, 5.41) is 3.55. The van der Waals surface area contributed by atoms with E-state index in [4.69, 9.17) is 9.47 Å². The summed E-state index contributed by atoms with van der Waals surface area (Å²) in [6.45, 7) is 9.22. The lowest BCUT2D eigenvalue weighted by molar-refractivity contribution is -0.0700. The van der Waals surface area contributed by atoms with Crippen LogP contribution in [0.4, 0.5) is 4.79 Å². The molecule has 1 atom stereocenters. The molecule has 1 saturated carbocycles. The van der Waals surface area contributed by atoms with Gasteiger partial charge in [0, 0.05) is 26.7 Å². The van der Waals surface area contributed by atoms with Gasteiger partial charge in [-0.15, -0.1) is 0 Å². The number of amides is 1. The summed E-state index contributed by atoms with van der Waals surface area (Å²) in [6.07, 6.45) is 5.64. The average molecular weight is 312 g/mol. The van der Waals surface area contributed by atoms with Crippen molar-refractivity contribution in [2.75, 3.05) is 33.3 Å². The van der Waals surface area contributed by atoms with Crippen molar-refractivity contribution in [3.8, 4) is 0 Å². The van der Waals surface area contributed by atoms with E-state index in [0.717, 1.165) is 45.4 Å². The predicted octanol–water partition coefficient (Wildman–Crippen LogP) is 2.79. The first-order valence-electron chi connectivity index (χ1n) is 8.57. The molecule has 1 amide bonds. The molecule has 1 N–H and O–H groups in total. The number of hydrogen-bond donors (Lipinski definition) is 1. The molecule has 0 radical (unpaired) electrons. The second-order valence-electron chi connectivity index (χ2n) is 7.81. The monoisotopic (exact) mass is 312 g/mol. The number of carbonyl (C=O) groups is 1. The number of carbonyl (C=O) groups excluding carboxylic acids is 1. The van der Waals surface area contributed by atoms with Crippen molar-refractivity contribution in [2.24, 2.45) is 5.92 Å². The highest BCUT2D eigenvalue weighted by Crippen LogP contribution is 2.34. The fourth-order valence-electron chi connectivity index (χ4n) is 3.25. The summed E-state index contributed by atoms with van der Waals surface area (Å²) in [6, 6.07) is 0. The zero-order valence-corrected chi connectivity index (χ0v) is 14.6. The molecule has 5 heteroatoms. The van der Waals surface area contributed by atoms with Gasteiger partial charge in [-0.25, -0.2) is 4.79 Å². The number of nitrogens with zero attached hydrogens (tertiary/aromatic N) is 1. The van der Waals surface area contributed by atoms with Crippen LogP contribution in [0.25, 0.3) is 0 Å². The Hall–Kier alpha value is -0.810. The van der Waals surface area contributed by atoms with Gasteiger partial charge in [0.2, 0.25) is 0 Å². The van der Waals surface area contributed by atoms with Gasteiger partial charge in [0.25, 0.3) is 0 Å². The summed E-state index contributed by atoms with van der Waals surface area (Å²) < 4.78 is 11.1. The molecule has 0 aromatic heterocycles. The second-order valence-corrected chi connectivity index (χ2v) is 7.81. The van der Waals surface area contributed by atoms with Crippen LogP contribution < -0.4 is 5.32 Å². The number of nitrogens with one attached hydrogen (secondary N) is 1. The van der Waals surface area contributed by atoms with Crippen molar-refractivity contribution in [3.63, 3.8) is 0 Å². The van der Waals surface area contributed by atoms with E-state index in [2.05, 4.69) is 5.32 Å². The summed E-state index contributed by atoms with van der Waals surface area (Å²) in [5.74, 6) is 0.509. The molecule has 0 bridgehead atoms. The molecule has 128 valence electrons. The molecule has 0 spiro atoms. The van der Waals surface area contributed by atoms with Gasteiger partial charge in [0.05, 0.1) is 5.60 Å². The lowest BCUT2D eigenvalue weighted by Gasteiger charge is -2.41. The van der Waals surface area contributed by atoms with Gasteiger partial charge in [-0.3, -0.25) is 0 Å². The number of ether oxygens (including phenoxy) is 2. The molecule has 2 rings (SSSR count). The van der Waals surface area contributed by atoms with E-state index in [1.807, 2.05) is 32.8 Å². The van der Waals surface area contributed by atoms with Gasteiger partial charge in [0.15, 0.2) is 0 Å². The normalized spacial score (nSPS) is 24.7. The molecule has 1 heterocycles. The van der Waals surface area contributed by atoms with E-state index in [9.17, 15) is 4.79 Å². The lowest BCUT2D eigenvalue weighted by atomic mass is 9.80. The molecule has 2 fully saturated rings. The first-order chi connectivity index (χ1) is 10.3. The Morgan fingerprint density at radius 3 is 2.59 bits per heavy atom. The number of piperidine rings is 1. The zero-order valence-electron chi connectivity index (χ0n) is 14.6. The van der Waals surface area contributed by atoms with Crippen molar-refractivity contribution in [3.05, 3.63) is 0 Å². The van der Waals surface area contributed by atoms with Crippen LogP contribution in [0.3, 0.4) is 0 Å². The van der Waals surface area contributed by atoms with Crippen LogP contribution in [0, 0.1) is 5.92 Å². The van der Waals surface area contributed by atoms with Crippen molar-refractivity contribution < 1.29 is 14.3 Å². The van der Waals surface area contributed by atoms with Gasteiger partial charge < -0.3 is 19.7 Å². The van der Waals surface area contributed by atoms with E-state index < -0.39 is 5.60 Å². The molecule has 1 saturated heterocycles. The van der Waals surface area contributed by atoms with Crippen molar-refractivity contribution in [1.29, 1.82) is 0 Å². The lowest BCUT2D eigenvalue weighted by Crippen LogP contribution is -2.50. The standard InChI is InChI=1S/C17H32N2O3/c1-16(2,3)22-15(20)19-10-5-7-14(12-19)11-18-13-17(21-4)8-6-9-17/h14,18H,5-13H2,1-4H3. The predicted molar refractivity (Wildman–Crippen MR) is 87.0 cm³/mol. The van der Waals surface area contributed by atoms with E-state index in [1.54, 1.807) is 0 Å². The third-order valence-electron chi connectivity index (χ3n) is 4.75. The maximum Gasteiger partial charge on any atom is 0.410 e. The molecule has 1 unspecified atom stereocenters. The minimum absolute atomic E-state index is 0.0690. The molecule has 0 aromatic carbocycles. The Balaban J connectivity index is 1.72. The highest BCUT2D eigenvalue weighted by Gasteiger charge is 2.36. The first-order valence-corrected chi connectivity index (χ1v) is 8.57. The van der Waals surface area contributed by atoms with E-state index in [-0.39, 0.29) is 11.7 Å². The minimum Gasteiger partial charge on any atom is -0.444 e. The van der Waals surface area contributed by atoms with Gasteiger partial charge in [-0.2, -0.15) is 0 Å². The highest BCUT2D eigenvalue weighted by molar-refractivity contribution is 5.68. The Kier molecular flexibility index (Phi) is 5.72. The van der Waals surface area contributed by atoms with Gasteiger partial charge in [-0.05, 0) is 65.3 Å². The Morgan fingerprint density at radius 2 is 2.05 bits per heavy atom. The molecule has 0 aromatic rings. The van der Waals surface area contributed by atoms with Crippen LogP contribution in [0.2, 0.25) is 0 Å². The fourth-order valence-corrected chi connectivity index (χ4v) is 3.25. The quantitative estimate of drug-likeness (QED) is 0.848. The molecule has 1 aliphatic carbocycles. The maximum absolute atomic E-state index is 12.2. The number of likely N-dealkylation sites (tertiary alicyclic amines) is 1. The van der Waals surface area contributed by atoms with Gasteiger partial charge >= 0.3 is 6.09 Å². The largest absolute Gasteiger partial charge is 0.444 e. The summed E-state index contributed by atoms with van der Waals surface area (Å²) >= 11 is 0. The van der Waals surface area contributed by atoms with Crippen LogP contribution in [-0.4, -0.2) is 55.5 Å². The van der Waals surface area contributed by atoms with Crippen molar-refractivity contribution >= 4 is 6.09 Å². The number of rotatable bonds is 5. The third-order valence-corrected chi connectivity index (χ3v) is 4.75. The van der Waals surface area contributed by atoms with E-state index in [0.29, 0.717) is 5.92 Å². The summed E-state index contributed by atoms with van der Waals surface area (Å²) in [4.78, 5) is 14.0. The summed E-state index contributed by atoms with van der Waals surface area (Å²) in [5.41, 5.74) is -0.350. The Labute approximate surface area is 134 Å². The van der Waals surface area contributed by atoms with Crippen LogP contribution in [0.1, 0.15) is 52.9 Å². The third kappa shape index (κ3) is 4.85. The van der Waals surface area contributed by atoms with Crippen LogP contribution in [0.15, 0.2) is 0 Å². The molecular formula is C17H32N2O3. The van der Waals surface area contributed by atoms with E-state index in [1.165, 1.54) is 12.8 Å². The molecule has 1 aliphatic heterocycles. The van der Waals surface area contributed by atoms with E-state index >= 15 is 0 Å². The topological polar surface area (TPSA) is 50.8 Å². The molecular weight excluding hydrogens is 280 g/mol. The smallest absolute Gasteiger partial charge is 0.410 e. The minimum atomic E-state index is -0.419. The summed E-state index contributed by atoms with van der Waals surface area (Å²) in [7, 11) is 1.81. The van der Waals surface area contributed by atoms with Crippen LogP contribution >= 0.6 is 0 Å². The average Bonchev–Trinajstić information content (AvgIpc) is 2.40. The zero-order chi connectivity index (χ0) is 16.2. The number of hydrogen-bond acceptors (Lipinski definition) is 4. The second kappa shape index (κ2) is 7.18. The highest BCUT2D eigenvalue weighted by atomic mass is 16.6. The van der Waals surface area contributed by atoms with Gasteiger partial charge in [-0.1, -0.05) is 0 Å². The fraction of sp³-hybridized carbons (Fsp3) is 0.941. The SMILES string of the molecule is COC1(CNCC2CCCN(C(=O)OC(C)(C)C)C2)CCC1. The number of methoxy groups -OCH3 is 1. The molecule has 22 heavy (non-hydrogen) atoms. The van der Waals surface area contributed by atoms with Crippen LogP contribution in [0.5, 0.6) is 0 Å².